The maximum Gasteiger partial charge on any atom is 0.237 e. The second-order valence-corrected chi connectivity index (χ2v) is 3.75. The SMILES string of the molecule is N#CC(C#N)=NNc1cc(F)c(Br)c(Cl)c1. The molecule has 1 N–H and O–H groups in total. The fourth-order valence-electron chi connectivity index (χ4n) is 0.816. The first-order valence-electron chi connectivity index (χ1n) is 3.87. The van der Waals surface area contributed by atoms with E-state index in [1.165, 1.54) is 6.07 Å². The van der Waals surface area contributed by atoms with Crippen LogP contribution in [0.15, 0.2) is 21.7 Å². The molecule has 0 fully saturated rings. The number of nitriles is 2. The van der Waals surface area contributed by atoms with Crippen LogP contribution in [0, 0.1) is 28.5 Å². The van der Waals surface area contributed by atoms with Gasteiger partial charge in [-0.2, -0.15) is 15.6 Å². The number of rotatable bonds is 2. The van der Waals surface area contributed by atoms with Crippen molar-refractivity contribution < 1.29 is 4.39 Å². The quantitative estimate of drug-likeness (QED) is 0.518. The minimum Gasteiger partial charge on any atom is -0.276 e. The molecule has 0 aliphatic heterocycles. The van der Waals surface area contributed by atoms with Crippen molar-refractivity contribution in [2.75, 3.05) is 5.43 Å². The van der Waals surface area contributed by atoms with E-state index in [1.54, 1.807) is 12.1 Å². The smallest absolute Gasteiger partial charge is 0.237 e. The van der Waals surface area contributed by atoms with E-state index in [0.717, 1.165) is 6.07 Å². The molecule has 0 heterocycles. The van der Waals surface area contributed by atoms with Gasteiger partial charge in [-0.25, -0.2) is 4.39 Å². The summed E-state index contributed by atoms with van der Waals surface area (Å²) in [5.41, 5.74) is 2.24. The number of hydrogen-bond donors (Lipinski definition) is 1. The van der Waals surface area contributed by atoms with Gasteiger partial charge in [-0.05, 0) is 22.0 Å². The monoisotopic (exact) mass is 300 g/mol. The highest BCUT2D eigenvalue weighted by molar-refractivity contribution is 9.10. The van der Waals surface area contributed by atoms with Crippen molar-refractivity contribution in [2.24, 2.45) is 5.10 Å². The lowest BCUT2D eigenvalue weighted by molar-refractivity contribution is 0.621. The van der Waals surface area contributed by atoms with E-state index in [4.69, 9.17) is 22.1 Å². The summed E-state index contributed by atoms with van der Waals surface area (Å²) < 4.78 is 13.3. The molecule has 0 aromatic heterocycles. The Morgan fingerprint density at radius 3 is 2.56 bits per heavy atom. The summed E-state index contributed by atoms with van der Waals surface area (Å²) in [4.78, 5) is 0. The third kappa shape index (κ3) is 2.93. The summed E-state index contributed by atoms with van der Waals surface area (Å²) >= 11 is 8.64. The van der Waals surface area contributed by atoms with Gasteiger partial charge in [0, 0.05) is 6.07 Å². The van der Waals surface area contributed by atoms with Crippen molar-refractivity contribution in [2.45, 2.75) is 0 Å². The normalized spacial score (nSPS) is 8.81. The third-order valence-corrected chi connectivity index (χ3v) is 2.82. The lowest BCUT2D eigenvalue weighted by Gasteiger charge is -2.03. The number of halogens is 3. The Bertz CT molecular complexity index is 490. The van der Waals surface area contributed by atoms with E-state index < -0.39 is 5.82 Å². The predicted molar refractivity (Wildman–Crippen MR) is 61.4 cm³/mol. The average Bonchev–Trinajstić information content (AvgIpc) is 2.27. The first-order chi connectivity index (χ1) is 7.58. The molecule has 0 aliphatic carbocycles. The number of benzene rings is 1. The van der Waals surface area contributed by atoms with Crippen molar-refractivity contribution in [1.82, 2.24) is 0 Å². The molecule has 16 heavy (non-hydrogen) atoms. The molecule has 0 unspecified atom stereocenters. The summed E-state index contributed by atoms with van der Waals surface area (Å²) in [6.07, 6.45) is 0. The lowest BCUT2D eigenvalue weighted by Crippen LogP contribution is -1.97. The average molecular weight is 302 g/mol. The molecule has 0 saturated carbocycles. The number of hydrogen-bond acceptors (Lipinski definition) is 4. The van der Waals surface area contributed by atoms with E-state index in [-0.39, 0.29) is 20.9 Å². The Balaban J connectivity index is 2.98. The molecule has 0 bridgehead atoms. The Kier molecular flexibility index (Phi) is 4.24. The molecular formula is C9H3BrClFN4. The molecular weight excluding hydrogens is 298 g/mol. The zero-order valence-corrected chi connectivity index (χ0v) is 9.97. The molecule has 0 atom stereocenters. The highest BCUT2D eigenvalue weighted by atomic mass is 79.9. The van der Waals surface area contributed by atoms with Crippen LogP contribution in [0.1, 0.15) is 0 Å². The van der Waals surface area contributed by atoms with Gasteiger partial charge in [0.05, 0.1) is 15.2 Å². The number of anilines is 1. The molecule has 1 aromatic rings. The Hall–Kier alpha value is -1.63. The van der Waals surface area contributed by atoms with Gasteiger partial charge >= 0.3 is 0 Å². The van der Waals surface area contributed by atoms with Gasteiger partial charge in [0.1, 0.15) is 18.0 Å². The van der Waals surface area contributed by atoms with Crippen LogP contribution in [0.4, 0.5) is 10.1 Å². The van der Waals surface area contributed by atoms with Gasteiger partial charge in [0.2, 0.25) is 5.71 Å². The van der Waals surface area contributed by atoms with Gasteiger partial charge < -0.3 is 0 Å². The first kappa shape index (κ1) is 12.4. The number of nitrogens with one attached hydrogen (secondary N) is 1. The van der Waals surface area contributed by atoms with E-state index in [0.29, 0.717) is 0 Å². The van der Waals surface area contributed by atoms with Crippen molar-refractivity contribution in [3.05, 3.63) is 27.4 Å². The largest absolute Gasteiger partial charge is 0.276 e. The van der Waals surface area contributed by atoms with Crippen molar-refractivity contribution in [1.29, 1.82) is 10.5 Å². The second-order valence-electron chi connectivity index (χ2n) is 2.55. The minimum atomic E-state index is -0.569. The van der Waals surface area contributed by atoms with Crippen LogP contribution in [0.2, 0.25) is 5.02 Å². The van der Waals surface area contributed by atoms with Crippen LogP contribution in [-0.2, 0) is 0 Å². The van der Waals surface area contributed by atoms with Gasteiger partial charge in [-0.3, -0.25) is 5.43 Å². The van der Waals surface area contributed by atoms with Gasteiger partial charge in [0.25, 0.3) is 0 Å². The highest BCUT2D eigenvalue weighted by Gasteiger charge is 2.06. The van der Waals surface area contributed by atoms with Gasteiger partial charge in [-0.15, -0.1) is 0 Å². The Morgan fingerprint density at radius 2 is 2.06 bits per heavy atom. The summed E-state index contributed by atoms with van der Waals surface area (Å²) in [5, 5.41) is 20.4. The van der Waals surface area contributed by atoms with Gasteiger partial charge in [-0.1, -0.05) is 11.6 Å². The molecule has 4 nitrogen and oxygen atoms in total. The number of hydrazone groups is 1. The summed E-state index contributed by atoms with van der Waals surface area (Å²) in [6, 6.07) is 5.64. The zero-order valence-electron chi connectivity index (χ0n) is 7.63. The van der Waals surface area contributed by atoms with E-state index in [2.05, 4.69) is 26.5 Å². The van der Waals surface area contributed by atoms with Crippen LogP contribution in [0.5, 0.6) is 0 Å². The third-order valence-electron chi connectivity index (χ3n) is 1.49. The maximum atomic E-state index is 13.2. The number of nitrogens with zero attached hydrogens (tertiary/aromatic N) is 3. The fourth-order valence-corrected chi connectivity index (χ4v) is 1.25. The Morgan fingerprint density at radius 1 is 1.44 bits per heavy atom. The van der Waals surface area contributed by atoms with Crippen LogP contribution in [-0.4, -0.2) is 5.71 Å². The second kappa shape index (κ2) is 5.45. The van der Waals surface area contributed by atoms with Crippen molar-refractivity contribution in [3.8, 4) is 12.1 Å². The Labute approximate surface area is 104 Å². The van der Waals surface area contributed by atoms with Crippen molar-refractivity contribution >= 4 is 38.9 Å². The van der Waals surface area contributed by atoms with E-state index in [1.807, 2.05) is 0 Å². The molecule has 0 radical (unpaired) electrons. The standard InChI is InChI=1S/C9H3BrClFN4/c10-9-7(11)1-5(2-8(9)12)15-16-6(3-13)4-14/h1-2,15H. The maximum absolute atomic E-state index is 13.2. The zero-order chi connectivity index (χ0) is 12.1. The molecule has 1 aromatic carbocycles. The van der Waals surface area contributed by atoms with Crippen LogP contribution in [0.3, 0.4) is 0 Å². The summed E-state index contributed by atoms with van der Waals surface area (Å²) in [5.74, 6) is -0.569. The van der Waals surface area contributed by atoms with Gasteiger partial charge in [0.15, 0.2) is 0 Å². The molecule has 0 saturated heterocycles. The topological polar surface area (TPSA) is 72.0 Å². The van der Waals surface area contributed by atoms with Crippen molar-refractivity contribution in [3.63, 3.8) is 0 Å². The first-order valence-corrected chi connectivity index (χ1v) is 5.04. The lowest BCUT2D eigenvalue weighted by atomic mass is 10.3. The predicted octanol–water partition coefficient (Wildman–Crippen LogP) is 3.06. The molecule has 7 heteroatoms. The fraction of sp³-hybridized carbons (Fsp3) is 0. The molecule has 1 rings (SSSR count). The molecule has 0 aliphatic rings. The van der Waals surface area contributed by atoms with E-state index >= 15 is 0 Å². The minimum absolute atomic E-state index is 0.143. The molecule has 0 amide bonds. The molecule has 0 spiro atoms. The molecule has 80 valence electrons. The van der Waals surface area contributed by atoms with Crippen LogP contribution >= 0.6 is 27.5 Å². The van der Waals surface area contributed by atoms with E-state index in [9.17, 15) is 4.39 Å². The summed E-state index contributed by atoms with van der Waals surface area (Å²) in [6.45, 7) is 0. The summed E-state index contributed by atoms with van der Waals surface area (Å²) in [7, 11) is 0. The highest BCUT2D eigenvalue weighted by Crippen LogP contribution is 2.28. The van der Waals surface area contributed by atoms with Crippen LogP contribution < -0.4 is 5.43 Å². The van der Waals surface area contributed by atoms with Crippen LogP contribution in [0.25, 0.3) is 0 Å².